The molecule has 186 valence electrons. The summed E-state index contributed by atoms with van der Waals surface area (Å²) < 4.78 is 115. The molecule has 0 rings (SSSR count). The lowest BCUT2D eigenvalue weighted by Crippen LogP contribution is -2.51. The Kier molecular flexibility index (Phi) is 12.9. The average molecular weight is 509 g/mol. The van der Waals surface area contributed by atoms with Gasteiger partial charge in [-0.2, -0.15) is 26.3 Å². The molecule has 0 saturated carbocycles. The third kappa shape index (κ3) is 11.2. The minimum Gasteiger partial charge on any atom is -0.421 e. The summed E-state index contributed by atoms with van der Waals surface area (Å²) in [6.07, 6.45) is 4.58. The molecule has 8 nitrogen and oxygen atoms in total. The van der Waals surface area contributed by atoms with Gasteiger partial charge in [-0.3, -0.25) is 4.48 Å². The van der Waals surface area contributed by atoms with E-state index in [1.54, 1.807) is 0 Å². The number of hydrogen-bond donors (Lipinski definition) is 0. The van der Waals surface area contributed by atoms with Crippen molar-refractivity contribution in [2.24, 2.45) is 0 Å². The minimum atomic E-state index is -6.72. The number of esters is 1. The normalized spacial score (nSPS) is 13.2. The van der Waals surface area contributed by atoms with E-state index in [4.69, 9.17) is 4.74 Å². The molecule has 0 amide bonds. The van der Waals surface area contributed by atoms with Crippen molar-refractivity contribution in [1.82, 2.24) is 0 Å². The molecule has 0 heterocycles. The van der Waals surface area contributed by atoms with Gasteiger partial charge in [0.15, 0.2) is 20.0 Å². The minimum absolute atomic E-state index is 0.314. The van der Waals surface area contributed by atoms with E-state index >= 15 is 0 Å². The SMILES string of the molecule is C=CC(=O)OC[N+](CCC)(CCC)CCC.O=S(=O)([N-]S(=O)(=O)C(F)(F)F)C(F)(F)F. The molecule has 0 saturated heterocycles. The van der Waals surface area contributed by atoms with Crippen LogP contribution in [0.2, 0.25) is 0 Å². The Morgan fingerprint density at radius 1 is 0.871 bits per heavy atom. The number of sulfonamides is 2. The first-order valence-electron chi connectivity index (χ1n) is 8.85. The number of nitrogens with zero attached hydrogens (tertiary/aromatic N) is 2. The van der Waals surface area contributed by atoms with Crippen LogP contribution < -0.4 is 0 Å². The molecule has 0 bridgehead atoms. The predicted molar refractivity (Wildman–Crippen MR) is 100 cm³/mol. The fourth-order valence-electron chi connectivity index (χ4n) is 2.43. The predicted octanol–water partition coefficient (Wildman–Crippen LogP) is 3.78. The van der Waals surface area contributed by atoms with E-state index in [0.29, 0.717) is 6.73 Å². The van der Waals surface area contributed by atoms with Gasteiger partial charge in [-0.05, 0) is 19.3 Å². The molecule has 0 aliphatic carbocycles. The van der Waals surface area contributed by atoms with Gasteiger partial charge in [0.1, 0.15) is 0 Å². The van der Waals surface area contributed by atoms with E-state index in [1.807, 2.05) is 0 Å². The lowest BCUT2D eigenvalue weighted by atomic mass is 10.2. The van der Waals surface area contributed by atoms with Crippen LogP contribution in [0.1, 0.15) is 40.0 Å². The second kappa shape index (κ2) is 12.6. The third-order valence-corrected chi connectivity index (χ3v) is 6.26. The Bertz CT molecular complexity index is 720. The van der Waals surface area contributed by atoms with E-state index in [-0.39, 0.29) is 5.97 Å². The fraction of sp³-hybridized carbons (Fsp3) is 0.800. The Balaban J connectivity index is 0. The first-order chi connectivity index (χ1) is 13.8. The number of rotatable bonds is 11. The van der Waals surface area contributed by atoms with Gasteiger partial charge in [0.05, 0.1) is 19.6 Å². The smallest absolute Gasteiger partial charge is 0.421 e. The van der Waals surface area contributed by atoms with Gasteiger partial charge < -0.3 is 8.86 Å². The molecule has 0 spiro atoms. The van der Waals surface area contributed by atoms with Gasteiger partial charge in [0, 0.05) is 6.08 Å². The third-order valence-electron chi connectivity index (χ3n) is 3.52. The van der Waals surface area contributed by atoms with Gasteiger partial charge in [-0.15, -0.1) is 0 Å². The zero-order valence-electron chi connectivity index (χ0n) is 17.2. The Morgan fingerprint density at radius 2 is 1.19 bits per heavy atom. The second-order valence-electron chi connectivity index (χ2n) is 6.23. The lowest BCUT2D eigenvalue weighted by molar-refractivity contribution is -0.943. The molecule has 16 heteroatoms. The van der Waals surface area contributed by atoms with Crippen LogP contribution in [-0.4, -0.2) is 64.7 Å². The fourth-order valence-corrected chi connectivity index (χ4v) is 4.13. The molecular weight excluding hydrogens is 482 g/mol. The van der Waals surface area contributed by atoms with Crippen molar-refractivity contribution in [2.75, 3.05) is 26.4 Å². The molecule has 0 aromatic carbocycles. The number of ether oxygens (including phenoxy) is 1. The summed E-state index contributed by atoms with van der Waals surface area (Å²) in [5.41, 5.74) is -12.4. The molecule has 0 aliphatic heterocycles. The van der Waals surface area contributed by atoms with Crippen LogP contribution in [0.3, 0.4) is 0 Å². The zero-order valence-corrected chi connectivity index (χ0v) is 18.8. The number of alkyl halides is 6. The summed E-state index contributed by atoms with van der Waals surface area (Å²) in [5, 5.41) is 0. The summed E-state index contributed by atoms with van der Waals surface area (Å²) in [7, 11) is -13.4. The van der Waals surface area contributed by atoms with Crippen LogP contribution in [0, 0.1) is 0 Å². The Hall–Kier alpha value is -1.39. The zero-order chi connectivity index (χ0) is 25.1. The summed E-state index contributed by atoms with van der Waals surface area (Å²) >= 11 is 0. The summed E-state index contributed by atoms with van der Waals surface area (Å²) in [5.74, 6) is -0.314. The molecule has 0 aromatic rings. The highest BCUT2D eigenvalue weighted by Gasteiger charge is 2.46. The number of quaternary nitrogens is 1. The maximum atomic E-state index is 11.4. The van der Waals surface area contributed by atoms with Gasteiger partial charge in [0.25, 0.3) is 0 Å². The van der Waals surface area contributed by atoms with E-state index in [1.165, 1.54) is 6.08 Å². The van der Waals surface area contributed by atoms with Crippen LogP contribution in [0.5, 0.6) is 0 Å². The van der Waals surface area contributed by atoms with Crippen LogP contribution in [0.25, 0.3) is 4.13 Å². The maximum absolute atomic E-state index is 11.4. The molecule has 0 unspecified atom stereocenters. The Morgan fingerprint density at radius 3 is 1.42 bits per heavy atom. The van der Waals surface area contributed by atoms with Crippen molar-refractivity contribution < 1.29 is 57.2 Å². The first kappa shape index (κ1) is 31.8. The van der Waals surface area contributed by atoms with Gasteiger partial charge in [-0.1, -0.05) is 27.4 Å². The van der Waals surface area contributed by atoms with Gasteiger partial charge in [0.2, 0.25) is 6.73 Å². The molecular formula is C15H26F6N2O6S2. The van der Waals surface area contributed by atoms with Crippen molar-refractivity contribution in [3.05, 3.63) is 16.8 Å². The number of hydrogen-bond acceptors (Lipinski definition) is 6. The topological polar surface area (TPSA) is 109 Å². The van der Waals surface area contributed by atoms with Crippen molar-refractivity contribution in [1.29, 1.82) is 0 Å². The standard InChI is InChI=1S/C13H26NO2.C2F6NO4S2/c1-5-9-14(10-6-2,11-7-3)12-16-13(15)8-4;3-1(4,5)14(10,11)9-15(12,13)2(6,7)8/h8H,4-7,9-12H2,1-3H3;/q+1;-1. The van der Waals surface area contributed by atoms with E-state index < -0.39 is 31.1 Å². The van der Waals surface area contributed by atoms with Crippen LogP contribution in [-0.2, 0) is 29.6 Å². The van der Waals surface area contributed by atoms with E-state index in [9.17, 15) is 48.0 Å². The highest BCUT2D eigenvalue weighted by atomic mass is 32.3. The van der Waals surface area contributed by atoms with Gasteiger partial charge >= 0.3 is 17.0 Å². The highest BCUT2D eigenvalue weighted by molar-refractivity contribution is 8.13. The van der Waals surface area contributed by atoms with Crippen LogP contribution >= 0.6 is 0 Å². The number of halogens is 6. The molecule has 0 aliphatic rings. The van der Waals surface area contributed by atoms with Crippen molar-refractivity contribution >= 4 is 26.0 Å². The summed E-state index contributed by atoms with van der Waals surface area (Å²) in [4.78, 5) is 11.1. The molecule has 31 heavy (non-hydrogen) atoms. The highest BCUT2D eigenvalue weighted by Crippen LogP contribution is 2.36. The molecule has 0 radical (unpaired) electrons. The average Bonchev–Trinajstić information content (AvgIpc) is 2.58. The number of carbonyl (C=O) groups excluding carboxylic acids is 1. The summed E-state index contributed by atoms with van der Waals surface area (Å²) in [6, 6.07) is 0. The molecule has 0 aromatic heterocycles. The van der Waals surface area contributed by atoms with Gasteiger partial charge in [-0.25, -0.2) is 21.6 Å². The number of carbonyl (C=O) groups is 1. The van der Waals surface area contributed by atoms with Crippen LogP contribution in [0.15, 0.2) is 12.7 Å². The first-order valence-corrected chi connectivity index (χ1v) is 11.7. The van der Waals surface area contributed by atoms with Crippen molar-refractivity contribution in [3.63, 3.8) is 0 Å². The summed E-state index contributed by atoms with van der Waals surface area (Å²) in [6.45, 7) is 13.7. The van der Waals surface area contributed by atoms with E-state index in [0.717, 1.165) is 47.5 Å². The van der Waals surface area contributed by atoms with E-state index in [2.05, 4.69) is 27.4 Å². The Labute approximate surface area is 177 Å². The maximum Gasteiger partial charge on any atom is 0.480 e. The quantitative estimate of drug-likeness (QED) is 0.138. The largest absolute Gasteiger partial charge is 0.480 e. The molecule has 0 atom stereocenters. The molecule has 0 fully saturated rings. The lowest BCUT2D eigenvalue weighted by Gasteiger charge is -2.37. The van der Waals surface area contributed by atoms with Crippen LogP contribution in [0.4, 0.5) is 26.3 Å². The monoisotopic (exact) mass is 508 g/mol. The van der Waals surface area contributed by atoms with Crippen molar-refractivity contribution in [2.45, 2.75) is 51.1 Å². The molecule has 0 N–H and O–H groups in total. The second-order valence-corrected chi connectivity index (χ2v) is 9.65. The van der Waals surface area contributed by atoms with Crippen molar-refractivity contribution in [3.8, 4) is 0 Å².